The quantitative estimate of drug-likeness (QED) is 0.0903. The molecule has 0 aliphatic heterocycles. The highest BCUT2D eigenvalue weighted by atomic mass is 31.2. The molecule has 12 rings (SSSR count). The van der Waals surface area contributed by atoms with E-state index in [1.165, 1.54) is 0 Å². The van der Waals surface area contributed by atoms with Crippen LogP contribution in [0, 0.1) is 0 Å². The zero-order chi connectivity index (χ0) is 48.9. The topological polar surface area (TPSA) is 68.3 Å². The molecule has 0 unspecified atom stereocenters. The van der Waals surface area contributed by atoms with Gasteiger partial charge in [0, 0.05) is 63.7 Å². The third-order valence-electron chi connectivity index (χ3n) is 14.1. The summed E-state index contributed by atoms with van der Waals surface area (Å²) in [4.78, 5) is 0. The van der Waals surface area contributed by atoms with Crippen LogP contribution in [0.25, 0.3) is 32.3 Å². The standard InChI is InChI=1S/C64H46O4P4/c65-69(47-25-9-1-10-26-47,48-27-11-2-12-28-48)59-45-60(70(66,49-29-13-3-14-30-49)50-31-15-4-16-32-50)56-43-44-58-62(72(68,53-37-21-7-22-38-53)54-39-23-8-24-40-54)46-61(57-42-41-55(59)63(56)64(57)58)71(67,51-33-17-5-18-34-51)52-35-19-6-20-36-52/h1-46H. The molecule has 0 aliphatic rings. The van der Waals surface area contributed by atoms with E-state index < -0.39 is 28.6 Å². The molecule has 0 radical (unpaired) electrons. The van der Waals surface area contributed by atoms with E-state index in [-0.39, 0.29) is 0 Å². The molecule has 0 bridgehead atoms. The minimum Gasteiger partial charge on any atom is -0.309 e. The molecule has 0 spiro atoms. The molecule has 0 aromatic heterocycles. The Morgan fingerprint density at radius 3 is 0.458 bits per heavy atom. The van der Waals surface area contributed by atoms with E-state index >= 15 is 18.3 Å². The molecule has 0 heterocycles. The first-order valence-electron chi connectivity index (χ1n) is 23.9. The molecular formula is C64H46O4P4. The Bertz CT molecular complexity index is 3410. The Labute approximate surface area is 419 Å². The Morgan fingerprint density at radius 2 is 0.319 bits per heavy atom. The molecular weight excluding hydrogens is 957 g/mol. The number of benzene rings is 12. The van der Waals surface area contributed by atoms with Crippen LogP contribution in [0.15, 0.2) is 279 Å². The van der Waals surface area contributed by atoms with Crippen molar-refractivity contribution in [2.45, 2.75) is 0 Å². The fourth-order valence-corrected chi connectivity index (χ4v) is 22.5. The SMILES string of the molecule is O=P(c1ccccc1)(c1ccccc1)c1cc(P(=O)(c2ccccc2)c2ccccc2)c2ccc3c(P(=O)(c4ccccc4)c4ccccc4)cc(P(=O)(c4ccccc4)c4ccccc4)c4ccc1c2c43. The summed E-state index contributed by atoms with van der Waals surface area (Å²) in [6.45, 7) is 0. The average molecular weight is 1000 g/mol. The molecule has 346 valence electrons. The van der Waals surface area contributed by atoms with E-state index in [0.717, 1.165) is 0 Å². The van der Waals surface area contributed by atoms with Gasteiger partial charge in [0.2, 0.25) is 0 Å². The summed E-state index contributed by atoms with van der Waals surface area (Å²) in [6.07, 6.45) is 0. The Hall–Kier alpha value is -7.40. The van der Waals surface area contributed by atoms with E-state index in [0.29, 0.717) is 96.0 Å². The highest BCUT2D eigenvalue weighted by Crippen LogP contribution is 2.54. The molecule has 0 saturated heterocycles. The van der Waals surface area contributed by atoms with Gasteiger partial charge in [-0.15, -0.1) is 0 Å². The first-order chi connectivity index (χ1) is 35.3. The molecule has 0 fully saturated rings. The maximum atomic E-state index is 17.1. The van der Waals surface area contributed by atoms with E-state index in [9.17, 15) is 0 Å². The van der Waals surface area contributed by atoms with Crippen molar-refractivity contribution in [3.8, 4) is 0 Å². The van der Waals surface area contributed by atoms with Gasteiger partial charge in [0.1, 0.15) is 0 Å². The monoisotopic (exact) mass is 1000 g/mol. The second-order valence-corrected chi connectivity index (χ2v) is 29.0. The van der Waals surface area contributed by atoms with Crippen molar-refractivity contribution in [2.24, 2.45) is 0 Å². The van der Waals surface area contributed by atoms with Crippen LogP contribution in [-0.2, 0) is 18.3 Å². The van der Waals surface area contributed by atoms with Crippen molar-refractivity contribution in [3.05, 3.63) is 279 Å². The van der Waals surface area contributed by atoms with Gasteiger partial charge in [0.05, 0.1) is 0 Å². The zero-order valence-corrected chi connectivity index (χ0v) is 42.6. The van der Waals surface area contributed by atoms with Gasteiger partial charge in [-0.25, -0.2) is 0 Å². The molecule has 12 aromatic carbocycles. The summed E-state index contributed by atoms with van der Waals surface area (Å²) >= 11 is 0. The first kappa shape index (κ1) is 45.7. The van der Waals surface area contributed by atoms with E-state index in [2.05, 4.69) is 0 Å². The summed E-state index contributed by atoms with van der Waals surface area (Å²) in [6, 6.07) is 88.7. The molecule has 0 amide bonds. The summed E-state index contributed by atoms with van der Waals surface area (Å²) in [5.74, 6) is 0. The second kappa shape index (κ2) is 18.3. The van der Waals surface area contributed by atoms with Crippen LogP contribution < -0.4 is 63.7 Å². The van der Waals surface area contributed by atoms with E-state index in [1.54, 1.807) is 0 Å². The minimum atomic E-state index is -3.83. The van der Waals surface area contributed by atoms with Gasteiger partial charge in [-0.05, 0) is 44.5 Å². The molecule has 0 N–H and O–H groups in total. The van der Waals surface area contributed by atoms with Gasteiger partial charge in [0.25, 0.3) is 0 Å². The lowest BCUT2D eigenvalue weighted by Crippen LogP contribution is -2.33. The molecule has 0 saturated carbocycles. The summed E-state index contributed by atoms with van der Waals surface area (Å²) in [5.41, 5.74) is 0. The predicted octanol–water partition coefficient (Wildman–Crippen LogP) is 11.1. The van der Waals surface area contributed by atoms with E-state index in [1.807, 2.05) is 279 Å². The van der Waals surface area contributed by atoms with Gasteiger partial charge >= 0.3 is 0 Å². The number of hydrogen-bond acceptors (Lipinski definition) is 4. The normalized spacial score (nSPS) is 12.4. The molecule has 72 heavy (non-hydrogen) atoms. The largest absolute Gasteiger partial charge is 0.309 e. The van der Waals surface area contributed by atoms with Crippen molar-refractivity contribution in [2.75, 3.05) is 0 Å². The van der Waals surface area contributed by atoms with Gasteiger partial charge in [-0.3, -0.25) is 0 Å². The fourth-order valence-electron chi connectivity index (χ4n) is 10.8. The van der Waals surface area contributed by atoms with Gasteiger partial charge in [-0.2, -0.15) is 0 Å². The second-order valence-electron chi connectivity index (χ2n) is 18.0. The summed E-state index contributed by atoms with van der Waals surface area (Å²) < 4.78 is 68.5. The van der Waals surface area contributed by atoms with Crippen LogP contribution in [0.1, 0.15) is 0 Å². The Balaban J connectivity index is 1.35. The Kier molecular flexibility index (Phi) is 11.6. The third kappa shape index (κ3) is 7.12. The van der Waals surface area contributed by atoms with Crippen molar-refractivity contribution in [1.82, 2.24) is 0 Å². The van der Waals surface area contributed by atoms with Crippen molar-refractivity contribution in [3.63, 3.8) is 0 Å². The molecule has 12 aromatic rings. The predicted molar refractivity (Wildman–Crippen MR) is 308 cm³/mol. The lowest BCUT2D eigenvalue weighted by Gasteiger charge is -2.30. The van der Waals surface area contributed by atoms with Gasteiger partial charge in [-0.1, -0.05) is 267 Å². The smallest absolute Gasteiger partial charge is 0.171 e. The highest BCUT2D eigenvalue weighted by molar-refractivity contribution is 7.88. The minimum absolute atomic E-state index is 0.527. The van der Waals surface area contributed by atoms with Crippen LogP contribution in [0.2, 0.25) is 0 Å². The summed E-state index contributed by atoms with van der Waals surface area (Å²) in [5, 5.41) is 11.3. The summed E-state index contributed by atoms with van der Waals surface area (Å²) in [7, 11) is -15.3. The average Bonchev–Trinajstić information content (AvgIpc) is 3.47. The van der Waals surface area contributed by atoms with Gasteiger partial charge < -0.3 is 18.3 Å². The molecule has 0 atom stereocenters. The highest BCUT2D eigenvalue weighted by Gasteiger charge is 2.41. The van der Waals surface area contributed by atoms with Crippen molar-refractivity contribution < 1.29 is 18.3 Å². The molecule has 4 nitrogen and oxygen atoms in total. The lowest BCUT2D eigenvalue weighted by molar-refractivity contribution is 0.591. The number of hydrogen-bond donors (Lipinski definition) is 0. The number of rotatable bonds is 12. The maximum Gasteiger partial charge on any atom is 0.171 e. The van der Waals surface area contributed by atoms with Crippen molar-refractivity contribution in [1.29, 1.82) is 0 Å². The Morgan fingerprint density at radius 1 is 0.181 bits per heavy atom. The van der Waals surface area contributed by atoms with Crippen molar-refractivity contribution >= 4 is 125 Å². The lowest BCUT2D eigenvalue weighted by atomic mass is 9.94. The zero-order valence-electron chi connectivity index (χ0n) is 39.0. The first-order valence-corrected chi connectivity index (χ1v) is 30.8. The maximum absolute atomic E-state index is 17.1. The van der Waals surface area contributed by atoms with Gasteiger partial charge in [0.15, 0.2) is 28.6 Å². The van der Waals surface area contributed by atoms with Crippen LogP contribution in [-0.4, -0.2) is 0 Å². The molecule has 8 heteroatoms. The van der Waals surface area contributed by atoms with Crippen LogP contribution in [0.3, 0.4) is 0 Å². The fraction of sp³-hybridized carbons (Fsp3) is 0. The third-order valence-corrected chi connectivity index (χ3v) is 26.5. The molecule has 0 aliphatic carbocycles. The van der Waals surface area contributed by atoms with Crippen LogP contribution in [0.4, 0.5) is 0 Å². The van der Waals surface area contributed by atoms with Crippen LogP contribution >= 0.6 is 28.6 Å². The van der Waals surface area contributed by atoms with E-state index in [4.69, 9.17) is 0 Å². The van der Waals surface area contributed by atoms with Crippen LogP contribution in [0.5, 0.6) is 0 Å².